The number of allylic oxidation sites excluding steroid dienone is 2. The van der Waals surface area contributed by atoms with Gasteiger partial charge in [-0.2, -0.15) is 0 Å². The van der Waals surface area contributed by atoms with Gasteiger partial charge in [-0.1, -0.05) is 99.6 Å². The first-order valence-corrected chi connectivity index (χ1v) is 13.8. The fourth-order valence-electron chi connectivity index (χ4n) is 5.28. The molecule has 5 heteroatoms. The first kappa shape index (κ1) is 26.2. The minimum absolute atomic E-state index is 0.0521. The number of unbranched alkanes of at least 4 members (excludes halogenated alkanes) is 8. The van der Waals surface area contributed by atoms with Crippen molar-refractivity contribution in [2.45, 2.75) is 89.8 Å². The SMILES string of the molecule is CC(CO)N1C=c2ncn(CCCCCCCCCCCC(=O)c3ccccc3)c2=C2C=CC=CC21. The zero-order valence-electron chi connectivity index (χ0n) is 21.7. The Labute approximate surface area is 215 Å². The van der Waals surface area contributed by atoms with Crippen molar-refractivity contribution in [1.82, 2.24) is 14.5 Å². The van der Waals surface area contributed by atoms with Crippen LogP contribution in [0.3, 0.4) is 0 Å². The molecule has 192 valence electrons. The molecule has 36 heavy (non-hydrogen) atoms. The van der Waals surface area contributed by atoms with Crippen LogP contribution in [0.5, 0.6) is 0 Å². The summed E-state index contributed by atoms with van der Waals surface area (Å²) in [4.78, 5) is 19.1. The normalized spacial score (nSPS) is 17.0. The van der Waals surface area contributed by atoms with Crippen molar-refractivity contribution in [2.24, 2.45) is 0 Å². The molecule has 0 saturated heterocycles. The van der Waals surface area contributed by atoms with E-state index in [2.05, 4.69) is 46.9 Å². The number of nitrogens with zero attached hydrogens (tertiary/aromatic N) is 3. The Morgan fingerprint density at radius 1 is 0.972 bits per heavy atom. The van der Waals surface area contributed by atoms with Crippen molar-refractivity contribution < 1.29 is 9.90 Å². The summed E-state index contributed by atoms with van der Waals surface area (Å²) < 4.78 is 2.31. The molecule has 0 spiro atoms. The van der Waals surface area contributed by atoms with Crippen LogP contribution in [0, 0.1) is 0 Å². The number of ketones is 1. The maximum atomic E-state index is 12.1. The Kier molecular flexibility index (Phi) is 9.74. The number of carbonyl (C=O) groups is 1. The zero-order valence-corrected chi connectivity index (χ0v) is 21.7. The number of imidazole rings is 1. The van der Waals surface area contributed by atoms with Gasteiger partial charge in [-0.05, 0) is 19.8 Å². The van der Waals surface area contributed by atoms with E-state index in [4.69, 9.17) is 4.98 Å². The molecule has 4 rings (SSSR count). The molecule has 2 aliphatic rings. The van der Waals surface area contributed by atoms with Gasteiger partial charge in [-0.3, -0.25) is 4.79 Å². The Balaban J connectivity index is 1.13. The van der Waals surface area contributed by atoms with Gasteiger partial charge < -0.3 is 14.6 Å². The van der Waals surface area contributed by atoms with Crippen LogP contribution in [0.4, 0.5) is 0 Å². The second-order valence-corrected chi connectivity index (χ2v) is 10.1. The smallest absolute Gasteiger partial charge is 0.162 e. The van der Waals surface area contributed by atoms with Crippen LogP contribution in [-0.4, -0.2) is 44.0 Å². The molecule has 2 unspecified atom stereocenters. The molecule has 0 radical (unpaired) electrons. The number of aromatic nitrogens is 2. The third-order valence-electron chi connectivity index (χ3n) is 7.40. The fourth-order valence-corrected chi connectivity index (χ4v) is 5.28. The number of aryl methyl sites for hydroxylation is 1. The van der Waals surface area contributed by atoms with Gasteiger partial charge in [-0.15, -0.1) is 0 Å². The maximum absolute atomic E-state index is 12.1. The van der Waals surface area contributed by atoms with E-state index in [0.29, 0.717) is 6.42 Å². The molecule has 1 N–H and O–H groups in total. The van der Waals surface area contributed by atoms with E-state index < -0.39 is 0 Å². The Morgan fingerprint density at radius 2 is 1.67 bits per heavy atom. The summed E-state index contributed by atoms with van der Waals surface area (Å²) in [5, 5.41) is 11.9. The number of hydrogen-bond acceptors (Lipinski definition) is 4. The number of rotatable bonds is 15. The summed E-state index contributed by atoms with van der Waals surface area (Å²) >= 11 is 0. The van der Waals surface area contributed by atoms with Crippen molar-refractivity contribution in [3.63, 3.8) is 0 Å². The summed E-state index contributed by atoms with van der Waals surface area (Å²) in [7, 11) is 0. The van der Waals surface area contributed by atoms with Crippen LogP contribution in [0.25, 0.3) is 11.8 Å². The van der Waals surface area contributed by atoms with Crippen LogP contribution in [0.15, 0.2) is 61.0 Å². The van der Waals surface area contributed by atoms with Crippen molar-refractivity contribution in [2.75, 3.05) is 6.61 Å². The quantitative estimate of drug-likeness (QED) is 0.291. The molecule has 2 heterocycles. The minimum Gasteiger partial charge on any atom is -0.394 e. The van der Waals surface area contributed by atoms with Crippen molar-refractivity contribution in [1.29, 1.82) is 0 Å². The van der Waals surface area contributed by atoms with Gasteiger partial charge in [0.2, 0.25) is 0 Å². The maximum Gasteiger partial charge on any atom is 0.162 e. The van der Waals surface area contributed by atoms with Crippen molar-refractivity contribution in [3.8, 4) is 0 Å². The lowest BCUT2D eigenvalue weighted by Gasteiger charge is -2.36. The Bertz CT molecular complexity index is 1160. The molecule has 2 aromatic rings. The predicted octanol–water partition coefficient (Wildman–Crippen LogP) is 4.75. The third-order valence-corrected chi connectivity index (χ3v) is 7.40. The molecular formula is C31H41N3O2. The van der Waals surface area contributed by atoms with E-state index in [0.717, 1.165) is 30.3 Å². The summed E-state index contributed by atoms with van der Waals surface area (Å²) in [6, 6.07) is 9.86. The van der Waals surface area contributed by atoms with Gasteiger partial charge in [0.15, 0.2) is 5.78 Å². The van der Waals surface area contributed by atoms with Crippen LogP contribution < -0.4 is 10.7 Å². The molecule has 1 aliphatic carbocycles. The average molecular weight is 488 g/mol. The molecule has 0 fully saturated rings. The van der Waals surface area contributed by atoms with Crippen molar-refractivity contribution >= 4 is 17.6 Å². The Morgan fingerprint density at radius 3 is 2.39 bits per heavy atom. The van der Waals surface area contributed by atoms with E-state index in [1.165, 1.54) is 55.9 Å². The summed E-state index contributed by atoms with van der Waals surface area (Å²) in [5.41, 5.74) is 2.12. The molecule has 1 aromatic heterocycles. The first-order chi connectivity index (χ1) is 17.7. The van der Waals surface area contributed by atoms with E-state index in [-0.39, 0.29) is 24.5 Å². The van der Waals surface area contributed by atoms with Gasteiger partial charge in [0, 0.05) is 36.3 Å². The third kappa shape index (κ3) is 6.64. The molecule has 1 aliphatic heterocycles. The van der Waals surface area contributed by atoms with E-state index in [1.807, 2.05) is 36.7 Å². The van der Waals surface area contributed by atoms with Crippen molar-refractivity contribution in [3.05, 3.63) is 77.2 Å². The van der Waals surface area contributed by atoms with Crippen LogP contribution in [0.2, 0.25) is 0 Å². The highest BCUT2D eigenvalue weighted by molar-refractivity contribution is 5.95. The zero-order chi connectivity index (χ0) is 25.2. The molecule has 2 atom stereocenters. The first-order valence-electron chi connectivity index (χ1n) is 13.8. The number of Topliss-reactive ketones (excluding diaryl/α,β-unsaturated/α-hetero) is 1. The van der Waals surface area contributed by atoms with Gasteiger partial charge in [-0.25, -0.2) is 4.98 Å². The van der Waals surface area contributed by atoms with Gasteiger partial charge in [0.25, 0.3) is 0 Å². The average Bonchev–Trinajstić information content (AvgIpc) is 3.34. The van der Waals surface area contributed by atoms with Gasteiger partial charge >= 0.3 is 0 Å². The molecule has 1 aromatic carbocycles. The second kappa shape index (κ2) is 13.4. The van der Waals surface area contributed by atoms with Gasteiger partial charge in [0.05, 0.1) is 24.3 Å². The molecule has 5 nitrogen and oxygen atoms in total. The number of aliphatic hydroxyl groups is 1. The highest BCUT2D eigenvalue weighted by Crippen LogP contribution is 2.22. The summed E-state index contributed by atoms with van der Waals surface area (Å²) in [6.45, 7) is 3.17. The van der Waals surface area contributed by atoms with Crippen LogP contribution >= 0.6 is 0 Å². The largest absolute Gasteiger partial charge is 0.394 e. The molecular weight excluding hydrogens is 446 g/mol. The number of benzene rings is 1. The number of hydrogen-bond donors (Lipinski definition) is 1. The minimum atomic E-state index is 0.0521. The van der Waals surface area contributed by atoms with E-state index >= 15 is 0 Å². The Hall–Kier alpha value is -2.92. The number of fused-ring (bicyclic) bond motifs is 2. The highest BCUT2D eigenvalue weighted by Gasteiger charge is 2.27. The predicted molar refractivity (Wildman–Crippen MR) is 147 cm³/mol. The van der Waals surface area contributed by atoms with Crippen LogP contribution in [-0.2, 0) is 6.54 Å². The number of carbonyl (C=O) groups excluding carboxylic acids is 1. The molecule has 0 saturated carbocycles. The topological polar surface area (TPSA) is 58.4 Å². The summed E-state index contributed by atoms with van der Waals surface area (Å²) in [5.74, 6) is 0.273. The molecule has 0 amide bonds. The second-order valence-electron chi connectivity index (χ2n) is 10.1. The monoisotopic (exact) mass is 487 g/mol. The van der Waals surface area contributed by atoms with Gasteiger partial charge in [0.1, 0.15) is 5.35 Å². The summed E-state index contributed by atoms with van der Waals surface area (Å²) in [6.07, 6.45) is 24.3. The number of aliphatic hydroxyl groups excluding tert-OH is 1. The standard InChI is InChI=1S/C31H41N3O2/c1-25(23-35)34-22-28-31(27-18-13-14-19-29(27)34)33(24-32-28)21-15-8-6-4-2-3-5-7-12-20-30(36)26-16-10-9-11-17-26/h9-11,13-14,16-19,22,24-25,29,35H,2-8,12,15,20-21,23H2,1H3. The lowest BCUT2D eigenvalue weighted by Crippen LogP contribution is -2.50. The van der Waals surface area contributed by atoms with E-state index in [1.54, 1.807) is 0 Å². The lowest BCUT2D eigenvalue weighted by atomic mass is 9.96. The van der Waals surface area contributed by atoms with E-state index in [9.17, 15) is 9.90 Å². The highest BCUT2D eigenvalue weighted by atomic mass is 16.3. The lowest BCUT2D eigenvalue weighted by molar-refractivity contribution is 0.0979. The molecule has 0 bridgehead atoms. The fraction of sp³-hybridized carbons (Fsp3) is 0.484. The van der Waals surface area contributed by atoms with Crippen LogP contribution in [0.1, 0.15) is 81.5 Å².